The monoisotopic (exact) mass is 690 g/mol. The number of rotatable bonds is 6. The highest BCUT2D eigenvalue weighted by molar-refractivity contribution is 7.13. The van der Waals surface area contributed by atoms with Gasteiger partial charge in [-0.1, -0.05) is 35.9 Å². The maximum atomic E-state index is 14.4. The molecule has 3 aliphatic rings. The summed E-state index contributed by atoms with van der Waals surface area (Å²) in [5, 5.41) is 5.37. The van der Waals surface area contributed by atoms with E-state index in [0.29, 0.717) is 51.7 Å². The van der Waals surface area contributed by atoms with Crippen molar-refractivity contribution < 1.29 is 23.5 Å². The fourth-order valence-electron chi connectivity index (χ4n) is 6.82. The number of nitrogens with zero attached hydrogens (tertiary/aromatic N) is 5. The van der Waals surface area contributed by atoms with Crippen molar-refractivity contribution in [1.29, 1.82) is 0 Å². The van der Waals surface area contributed by atoms with Gasteiger partial charge in [0, 0.05) is 59.5 Å². The van der Waals surface area contributed by atoms with E-state index < -0.39 is 23.7 Å². The Kier molecular flexibility index (Phi) is 8.49. The van der Waals surface area contributed by atoms with Gasteiger partial charge in [0.05, 0.1) is 18.6 Å². The van der Waals surface area contributed by atoms with Crippen molar-refractivity contribution in [2.75, 3.05) is 18.4 Å². The van der Waals surface area contributed by atoms with Gasteiger partial charge in [-0.05, 0) is 68.4 Å². The molecule has 0 aliphatic carbocycles. The van der Waals surface area contributed by atoms with Crippen LogP contribution in [0.5, 0.6) is 0 Å². The summed E-state index contributed by atoms with van der Waals surface area (Å²) in [5.74, 6) is -0.502. The molecule has 0 saturated carbocycles. The summed E-state index contributed by atoms with van der Waals surface area (Å²) in [6, 6.07) is 10.8. The third-order valence-electron chi connectivity index (χ3n) is 9.15. The summed E-state index contributed by atoms with van der Waals surface area (Å²) in [6.45, 7) is 7.16. The number of imidazole rings is 1. The number of piperidine rings is 1. The molecule has 48 heavy (non-hydrogen) atoms. The fourth-order valence-corrected chi connectivity index (χ4v) is 7.63. The average Bonchev–Trinajstić information content (AvgIpc) is 3.84. The maximum Gasteiger partial charge on any atom is 0.410 e. The molecule has 7 rings (SSSR count). The van der Waals surface area contributed by atoms with Gasteiger partial charge in [-0.3, -0.25) is 14.9 Å². The number of ether oxygens (including phenoxy) is 1. The van der Waals surface area contributed by atoms with Crippen LogP contribution in [-0.4, -0.2) is 67.1 Å². The van der Waals surface area contributed by atoms with E-state index in [1.54, 1.807) is 21.0 Å². The van der Waals surface area contributed by atoms with Crippen molar-refractivity contribution in [3.8, 4) is 11.1 Å². The molecular weight excluding hydrogens is 655 g/mol. The van der Waals surface area contributed by atoms with Crippen LogP contribution in [-0.2, 0) is 29.0 Å². The SMILES string of the molecule is CC(C)(C)OC(=O)N1CCC(c2ccc(-c3cc(Cl)c4c(c3)C(=O)N(C(C(=O)Nc3nccs3)c3ncn5c3C[C@@H](F)C5)C4)cc2)CC1. The topological polar surface area (TPSA) is 110 Å². The first-order chi connectivity index (χ1) is 22.9. The number of alkyl halides is 1. The highest BCUT2D eigenvalue weighted by atomic mass is 35.5. The number of benzene rings is 2. The Balaban J connectivity index is 1.10. The summed E-state index contributed by atoms with van der Waals surface area (Å²) in [5.41, 5.74) is 4.36. The quantitative estimate of drug-likeness (QED) is 0.233. The molecule has 4 aromatic rings. The lowest BCUT2D eigenvalue weighted by Crippen LogP contribution is -2.41. The number of likely N-dealkylation sites (tertiary alicyclic amines) is 1. The molecule has 2 aromatic heterocycles. The smallest absolute Gasteiger partial charge is 0.410 e. The number of anilines is 1. The standard InChI is InChI=1S/C35H36ClFN6O4S/c1-35(2,3)47-34(46)41-11-8-22(9-12-41)20-4-6-21(7-5-20)23-14-25-26(27(36)15-23)18-43(32(25)45)30(31(44)40-33-38-10-13-48-33)29-28-16-24(37)17-42(28)19-39-29/h4-7,10,13-15,19,22,24,30H,8-9,11-12,16-18H2,1-3H3,(H,38,40,44)/t24-,30?/m1/s1. The zero-order chi connectivity index (χ0) is 33.7. The number of hydrogen-bond donors (Lipinski definition) is 1. The number of fused-ring (bicyclic) bond motifs is 2. The van der Waals surface area contributed by atoms with Crippen LogP contribution in [0.25, 0.3) is 11.1 Å². The highest BCUT2D eigenvalue weighted by Crippen LogP contribution is 2.40. The lowest BCUT2D eigenvalue weighted by atomic mass is 9.88. The van der Waals surface area contributed by atoms with Gasteiger partial charge in [0.15, 0.2) is 11.2 Å². The van der Waals surface area contributed by atoms with E-state index >= 15 is 0 Å². The first-order valence-corrected chi connectivity index (χ1v) is 17.3. The molecule has 0 radical (unpaired) electrons. The van der Waals surface area contributed by atoms with Crippen molar-refractivity contribution in [3.05, 3.63) is 87.4 Å². The van der Waals surface area contributed by atoms with Crippen LogP contribution in [0.2, 0.25) is 5.02 Å². The number of halogens is 2. The zero-order valence-corrected chi connectivity index (χ0v) is 28.5. The first kappa shape index (κ1) is 32.3. The summed E-state index contributed by atoms with van der Waals surface area (Å²) < 4.78 is 21.6. The number of amides is 3. The molecule has 0 spiro atoms. The van der Waals surface area contributed by atoms with Crippen LogP contribution in [0.3, 0.4) is 0 Å². The molecule has 2 atom stereocenters. The highest BCUT2D eigenvalue weighted by Gasteiger charge is 2.42. The second kappa shape index (κ2) is 12.6. The summed E-state index contributed by atoms with van der Waals surface area (Å²) in [4.78, 5) is 52.2. The summed E-state index contributed by atoms with van der Waals surface area (Å²) >= 11 is 8.09. The first-order valence-electron chi connectivity index (χ1n) is 16.0. The molecule has 3 amide bonds. The minimum Gasteiger partial charge on any atom is -0.444 e. The van der Waals surface area contributed by atoms with E-state index in [1.807, 2.05) is 45.0 Å². The largest absolute Gasteiger partial charge is 0.444 e. The van der Waals surface area contributed by atoms with Crippen molar-refractivity contribution in [2.24, 2.45) is 0 Å². The van der Waals surface area contributed by atoms with Crippen molar-refractivity contribution in [3.63, 3.8) is 0 Å². The number of carbonyl (C=O) groups is 3. The van der Waals surface area contributed by atoms with E-state index in [1.165, 1.54) is 28.1 Å². The van der Waals surface area contributed by atoms with Crippen LogP contribution < -0.4 is 5.32 Å². The minimum atomic E-state index is -1.10. The van der Waals surface area contributed by atoms with Gasteiger partial charge in [0.25, 0.3) is 11.8 Å². The minimum absolute atomic E-state index is 0.107. The third-order valence-corrected chi connectivity index (χ3v) is 10.2. The molecule has 13 heteroatoms. The molecule has 3 aliphatic heterocycles. The summed E-state index contributed by atoms with van der Waals surface area (Å²) in [7, 11) is 0. The lowest BCUT2D eigenvalue weighted by Gasteiger charge is -2.33. The van der Waals surface area contributed by atoms with Gasteiger partial charge in [-0.2, -0.15) is 0 Å². The Morgan fingerprint density at radius 3 is 2.54 bits per heavy atom. The van der Waals surface area contributed by atoms with Gasteiger partial charge >= 0.3 is 6.09 Å². The Bertz CT molecular complexity index is 1860. The van der Waals surface area contributed by atoms with Crippen molar-refractivity contribution in [1.82, 2.24) is 24.3 Å². The van der Waals surface area contributed by atoms with Gasteiger partial charge in [0.2, 0.25) is 0 Å². The van der Waals surface area contributed by atoms with E-state index in [-0.39, 0.29) is 31.5 Å². The van der Waals surface area contributed by atoms with Gasteiger partial charge in [-0.15, -0.1) is 11.3 Å². The zero-order valence-electron chi connectivity index (χ0n) is 26.9. The van der Waals surface area contributed by atoms with Crippen LogP contribution in [0, 0.1) is 0 Å². The van der Waals surface area contributed by atoms with Crippen LogP contribution in [0.1, 0.15) is 78.4 Å². The van der Waals surface area contributed by atoms with Crippen LogP contribution >= 0.6 is 22.9 Å². The molecule has 1 N–H and O–H groups in total. The summed E-state index contributed by atoms with van der Waals surface area (Å²) in [6.07, 6.45) is 3.57. The molecule has 0 bridgehead atoms. The molecule has 1 saturated heterocycles. The second-order valence-electron chi connectivity index (χ2n) is 13.5. The molecule has 10 nitrogen and oxygen atoms in total. The molecule has 1 fully saturated rings. The Morgan fingerprint density at radius 1 is 1.10 bits per heavy atom. The maximum absolute atomic E-state index is 14.4. The molecule has 1 unspecified atom stereocenters. The average molecular weight is 691 g/mol. The van der Waals surface area contributed by atoms with Gasteiger partial charge < -0.3 is 19.1 Å². The van der Waals surface area contributed by atoms with Gasteiger partial charge in [-0.25, -0.2) is 19.2 Å². The van der Waals surface area contributed by atoms with E-state index in [9.17, 15) is 18.8 Å². The number of hydrogen-bond acceptors (Lipinski definition) is 7. The number of carbonyl (C=O) groups excluding carboxylic acids is 3. The Labute approximate surface area is 286 Å². The number of nitrogens with one attached hydrogen (secondary N) is 1. The number of thiazole rings is 1. The predicted octanol–water partition coefficient (Wildman–Crippen LogP) is 7.00. The van der Waals surface area contributed by atoms with Crippen LogP contribution in [0.4, 0.5) is 14.3 Å². The second-order valence-corrected chi connectivity index (χ2v) is 14.8. The van der Waals surface area contributed by atoms with Crippen molar-refractivity contribution in [2.45, 2.75) is 76.9 Å². The van der Waals surface area contributed by atoms with Crippen LogP contribution in [0.15, 0.2) is 54.3 Å². The fraction of sp³-hybridized carbons (Fsp3) is 0.400. The van der Waals surface area contributed by atoms with Gasteiger partial charge in [0.1, 0.15) is 11.8 Å². The van der Waals surface area contributed by atoms with Crippen molar-refractivity contribution >= 4 is 46.0 Å². The van der Waals surface area contributed by atoms with E-state index in [4.69, 9.17) is 16.3 Å². The molecule has 2 aromatic carbocycles. The molecule has 5 heterocycles. The third kappa shape index (κ3) is 6.30. The van der Waals surface area contributed by atoms with E-state index in [0.717, 1.165) is 24.0 Å². The Morgan fingerprint density at radius 2 is 1.85 bits per heavy atom. The number of aromatic nitrogens is 3. The van der Waals surface area contributed by atoms with E-state index in [2.05, 4.69) is 27.4 Å². The molecular formula is C35H36ClFN6O4S. The predicted molar refractivity (Wildman–Crippen MR) is 181 cm³/mol. The molecule has 250 valence electrons. The lowest BCUT2D eigenvalue weighted by molar-refractivity contribution is -0.121. The Hall–Kier alpha value is -4.29. The normalized spacial score (nSPS) is 18.5.